The maximum absolute atomic E-state index is 12.6. The molecule has 1 saturated heterocycles. The number of likely N-dealkylation sites (tertiary alicyclic amines) is 1. The van der Waals surface area contributed by atoms with E-state index in [4.69, 9.17) is 0 Å². The highest BCUT2D eigenvalue weighted by molar-refractivity contribution is 9.10. The quantitative estimate of drug-likeness (QED) is 0.863. The molecule has 1 heterocycles. The minimum Gasteiger partial charge on any atom is -0.391 e. The molecule has 1 fully saturated rings. The van der Waals surface area contributed by atoms with Crippen molar-refractivity contribution in [2.24, 2.45) is 0 Å². The van der Waals surface area contributed by atoms with E-state index in [2.05, 4.69) is 21.2 Å². The Hall–Kier alpha value is -1.85. The number of hydrogen-bond acceptors (Lipinski definition) is 3. The van der Waals surface area contributed by atoms with Crippen molar-refractivity contribution in [3.63, 3.8) is 0 Å². The van der Waals surface area contributed by atoms with Gasteiger partial charge in [0.25, 0.3) is 0 Å². The Kier molecular flexibility index (Phi) is 4.98. The fraction of sp³-hybridized carbons (Fsp3) is 0.278. The minimum atomic E-state index is -0.506. The molecule has 1 aliphatic heterocycles. The molecule has 0 bridgehead atoms. The maximum Gasteiger partial charge on any atom is 0.242 e. The summed E-state index contributed by atoms with van der Waals surface area (Å²) in [5.74, 6) is -0.00155. The van der Waals surface area contributed by atoms with Crippen molar-refractivity contribution < 1.29 is 9.90 Å². The normalized spacial score (nSPS) is 20.5. The Bertz CT molecular complexity index is 660. The summed E-state index contributed by atoms with van der Waals surface area (Å²) in [6, 6.07) is 17.2. The van der Waals surface area contributed by atoms with E-state index in [0.29, 0.717) is 13.0 Å². The molecule has 120 valence electrons. The van der Waals surface area contributed by atoms with Crippen LogP contribution in [-0.2, 0) is 4.79 Å². The summed E-state index contributed by atoms with van der Waals surface area (Å²) in [4.78, 5) is 14.3. The highest BCUT2D eigenvalue weighted by Crippen LogP contribution is 2.32. The topological polar surface area (TPSA) is 52.6 Å². The number of carbonyl (C=O) groups is 1. The summed E-state index contributed by atoms with van der Waals surface area (Å²) in [5.41, 5.74) is 1.88. The predicted molar refractivity (Wildman–Crippen MR) is 94.2 cm³/mol. The second-order valence-corrected chi connectivity index (χ2v) is 6.57. The van der Waals surface area contributed by atoms with Crippen LogP contribution < -0.4 is 5.32 Å². The van der Waals surface area contributed by atoms with E-state index in [0.717, 1.165) is 15.7 Å². The van der Waals surface area contributed by atoms with Crippen LogP contribution >= 0.6 is 15.9 Å². The first-order valence-corrected chi connectivity index (χ1v) is 8.46. The third-order valence-electron chi connectivity index (χ3n) is 4.12. The van der Waals surface area contributed by atoms with Gasteiger partial charge >= 0.3 is 0 Å². The molecule has 1 amide bonds. The molecule has 0 unspecified atom stereocenters. The third kappa shape index (κ3) is 3.74. The predicted octanol–water partition coefficient (Wildman–Crippen LogP) is 3.20. The fourth-order valence-corrected chi connectivity index (χ4v) is 3.22. The van der Waals surface area contributed by atoms with Crippen molar-refractivity contribution in [2.45, 2.75) is 18.6 Å². The summed E-state index contributed by atoms with van der Waals surface area (Å²) in [7, 11) is 0. The first-order chi connectivity index (χ1) is 11.1. The fourth-order valence-electron chi connectivity index (χ4n) is 2.96. The van der Waals surface area contributed by atoms with Gasteiger partial charge in [0.1, 0.15) is 0 Å². The number of aliphatic hydroxyl groups is 1. The van der Waals surface area contributed by atoms with Gasteiger partial charge in [-0.2, -0.15) is 0 Å². The number of halogens is 1. The molecule has 4 nitrogen and oxygen atoms in total. The Morgan fingerprint density at radius 1 is 1.17 bits per heavy atom. The largest absolute Gasteiger partial charge is 0.391 e. The highest BCUT2D eigenvalue weighted by Gasteiger charge is 2.36. The molecule has 0 radical (unpaired) electrons. The van der Waals surface area contributed by atoms with Gasteiger partial charge in [0.15, 0.2) is 0 Å². The van der Waals surface area contributed by atoms with Crippen LogP contribution in [0.1, 0.15) is 18.0 Å². The van der Waals surface area contributed by atoms with Crippen LogP contribution in [-0.4, -0.2) is 35.1 Å². The zero-order chi connectivity index (χ0) is 16.2. The monoisotopic (exact) mass is 374 g/mol. The van der Waals surface area contributed by atoms with Gasteiger partial charge in [-0.05, 0) is 36.2 Å². The Labute approximate surface area is 144 Å². The lowest BCUT2D eigenvalue weighted by atomic mass is 10.0. The SMILES string of the molecule is O=C(CNc1ccc(Br)cc1)N1CC[C@@H](O)[C@H]1c1ccccc1. The Balaban J connectivity index is 1.67. The number of nitrogens with one attached hydrogen (secondary N) is 1. The second kappa shape index (κ2) is 7.15. The molecule has 2 aromatic rings. The number of nitrogens with zero attached hydrogens (tertiary/aromatic N) is 1. The average Bonchev–Trinajstić information content (AvgIpc) is 2.96. The summed E-state index contributed by atoms with van der Waals surface area (Å²) in [5, 5.41) is 13.4. The zero-order valence-corrected chi connectivity index (χ0v) is 14.2. The van der Waals surface area contributed by atoms with Gasteiger partial charge in [-0.1, -0.05) is 46.3 Å². The third-order valence-corrected chi connectivity index (χ3v) is 4.64. The van der Waals surface area contributed by atoms with Crippen LogP contribution in [0.25, 0.3) is 0 Å². The number of amides is 1. The van der Waals surface area contributed by atoms with Crippen molar-refractivity contribution >= 4 is 27.5 Å². The van der Waals surface area contributed by atoms with Gasteiger partial charge in [0.2, 0.25) is 5.91 Å². The number of benzene rings is 2. The van der Waals surface area contributed by atoms with Crippen LogP contribution in [0.15, 0.2) is 59.1 Å². The van der Waals surface area contributed by atoms with Crippen molar-refractivity contribution in [1.29, 1.82) is 0 Å². The van der Waals surface area contributed by atoms with E-state index in [9.17, 15) is 9.90 Å². The molecule has 3 rings (SSSR count). The molecule has 0 aromatic heterocycles. The van der Waals surface area contributed by atoms with Gasteiger partial charge in [0, 0.05) is 16.7 Å². The van der Waals surface area contributed by atoms with Gasteiger partial charge < -0.3 is 15.3 Å². The van der Waals surface area contributed by atoms with Crippen LogP contribution in [0.2, 0.25) is 0 Å². The number of rotatable bonds is 4. The molecule has 2 aromatic carbocycles. The summed E-state index contributed by atoms with van der Waals surface area (Å²) in [6.07, 6.45) is 0.109. The van der Waals surface area contributed by atoms with E-state index in [1.807, 2.05) is 54.6 Å². The summed E-state index contributed by atoms with van der Waals surface area (Å²) < 4.78 is 1.00. The van der Waals surface area contributed by atoms with E-state index in [1.54, 1.807) is 4.90 Å². The lowest BCUT2D eigenvalue weighted by molar-refractivity contribution is -0.131. The number of hydrogen-bond donors (Lipinski definition) is 2. The van der Waals surface area contributed by atoms with Gasteiger partial charge in [-0.15, -0.1) is 0 Å². The van der Waals surface area contributed by atoms with Crippen LogP contribution in [0.3, 0.4) is 0 Å². The summed E-state index contributed by atoms with van der Waals surface area (Å²) >= 11 is 3.39. The molecule has 0 spiro atoms. The smallest absolute Gasteiger partial charge is 0.242 e. The maximum atomic E-state index is 12.6. The zero-order valence-electron chi connectivity index (χ0n) is 12.7. The highest BCUT2D eigenvalue weighted by atomic mass is 79.9. The number of aliphatic hydroxyl groups excluding tert-OH is 1. The number of anilines is 1. The van der Waals surface area contributed by atoms with E-state index < -0.39 is 6.10 Å². The molecule has 5 heteroatoms. The van der Waals surface area contributed by atoms with E-state index >= 15 is 0 Å². The second-order valence-electron chi connectivity index (χ2n) is 5.66. The van der Waals surface area contributed by atoms with Crippen LogP contribution in [0, 0.1) is 0 Å². The average molecular weight is 375 g/mol. The molecule has 0 saturated carbocycles. The molecular formula is C18H19BrN2O2. The van der Waals surface area contributed by atoms with Crippen molar-refractivity contribution in [2.75, 3.05) is 18.4 Å². The first kappa shape index (κ1) is 16.0. The first-order valence-electron chi connectivity index (χ1n) is 7.67. The lowest BCUT2D eigenvalue weighted by Gasteiger charge is -2.27. The number of carbonyl (C=O) groups excluding carboxylic acids is 1. The van der Waals surface area contributed by atoms with Crippen LogP contribution in [0.5, 0.6) is 0 Å². The Morgan fingerprint density at radius 3 is 2.57 bits per heavy atom. The molecule has 1 aliphatic rings. The van der Waals surface area contributed by atoms with Crippen molar-refractivity contribution in [3.05, 3.63) is 64.6 Å². The molecule has 2 N–H and O–H groups in total. The van der Waals surface area contributed by atoms with Gasteiger partial charge in [-0.3, -0.25) is 4.79 Å². The molecule has 0 aliphatic carbocycles. The minimum absolute atomic E-state index is 0.00155. The molecular weight excluding hydrogens is 356 g/mol. The summed E-state index contributed by atoms with van der Waals surface area (Å²) in [6.45, 7) is 0.805. The standard InChI is InChI=1S/C18H19BrN2O2/c19-14-6-8-15(9-7-14)20-12-17(23)21-11-10-16(22)18(21)13-4-2-1-3-5-13/h1-9,16,18,20,22H,10-12H2/t16-,18-/m1/s1. The van der Waals surface area contributed by atoms with Gasteiger partial charge in [0.05, 0.1) is 18.7 Å². The van der Waals surface area contributed by atoms with Crippen LogP contribution in [0.4, 0.5) is 5.69 Å². The van der Waals surface area contributed by atoms with E-state index in [-0.39, 0.29) is 18.5 Å². The Morgan fingerprint density at radius 2 is 1.87 bits per heavy atom. The molecule has 23 heavy (non-hydrogen) atoms. The van der Waals surface area contributed by atoms with Gasteiger partial charge in [-0.25, -0.2) is 0 Å². The molecule has 2 atom stereocenters. The lowest BCUT2D eigenvalue weighted by Crippen LogP contribution is -2.37. The van der Waals surface area contributed by atoms with Crippen molar-refractivity contribution in [3.8, 4) is 0 Å². The van der Waals surface area contributed by atoms with Crippen molar-refractivity contribution in [1.82, 2.24) is 4.90 Å². The van der Waals surface area contributed by atoms with E-state index in [1.165, 1.54) is 0 Å².